The van der Waals surface area contributed by atoms with Crippen molar-refractivity contribution in [1.29, 1.82) is 0 Å². The number of methoxy groups -OCH3 is 2. The van der Waals surface area contributed by atoms with Gasteiger partial charge in [0, 0.05) is 14.2 Å². The van der Waals surface area contributed by atoms with Crippen LogP contribution in [0.5, 0.6) is 0 Å². The van der Waals surface area contributed by atoms with Gasteiger partial charge in [0.15, 0.2) is 69.8 Å². The van der Waals surface area contributed by atoms with E-state index in [1.165, 1.54) is 0 Å². The van der Waals surface area contributed by atoms with Crippen LogP contribution in [0.25, 0.3) is 0 Å². The Kier molecular flexibility index (Phi) is 14.3. The zero-order valence-electron chi connectivity index (χ0n) is 24.4. The van der Waals surface area contributed by atoms with E-state index in [4.69, 9.17) is 0 Å². The number of benzene rings is 4. The molecule has 0 N–H and O–H groups in total. The first-order valence-electron chi connectivity index (χ1n) is 12.8. The van der Waals surface area contributed by atoms with Gasteiger partial charge < -0.3 is 9.47 Å². The van der Waals surface area contributed by atoms with E-state index >= 15 is 35.1 Å². The molecule has 0 fully saturated rings. The summed E-state index contributed by atoms with van der Waals surface area (Å²) >= 11 is 0. The van der Waals surface area contributed by atoms with Crippen LogP contribution in [0.4, 0.5) is 87.8 Å². The average molecular weight is 793 g/mol. The van der Waals surface area contributed by atoms with E-state index in [0.29, 0.717) is 13.2 Å². The molecule has 0 spiro atoms. The first-order chi connectivity index (χ1) is 23.6. The maximum absolute atomic E-state index is 15.4. The number of rotatable bonds is 7. The molecule has 0 atom stereocenters. The Labute approximate surface area is 298 Å². The fourth-order valence-electron chi connectivity index (χ4n) is 5.04. The minimum absolute atomic E-state index is 0. The van der Waals surface area contributed by atoms with Crippen molar-refractivity contribution in [3.8, 4) is 0 Å². The van der Waals surface area contributed by atoms with Crippen LogP contribution in [0.2, 0.25) is 0 Å². The van der Waals surface area contributed by atoms with Gasteiger partial charge in [0.2, 0.25) is 0 Å². The molecule has 0 aliphatic rings. The third-order valence-electron chi connectivity index (χ3n) is 7.20. The van der Waals surface area contributed by atoms with Crippen LogP contribution >= 0.6 is 0 Å². The molecule has 4 rings (SSSR count). The molecule has 4 aromatic rings. The molecule has 0 unspecified atom stereocenters. The van der Waals surface area contributed by atoms with Crippen molar-refractivity contribution >= 4 is 57.6 Å². The van der Waals surface area contributed by atoms with Crippen molar-refractivity contribution in [2.45, 2.75) is 0 Å². The van der Waals surface area contributed by atoms with E-state index in [1.54, 1.807) is 14.2 Å². The molecule has 0 saturated carbocycles. The molecule has 2 nitrogen and oxygen atoms in total. The van der Waals surface area contributed by atoms with Gasteiger partial charge in [-0.25, -0.2) is 87.8 Å². The van der Waals surface area contributed by atoms with Gasteiger partial charge in [-0.15, -0.1) is 21.9 Å². The normalized spacial score (nSPS) is 11.4. The van der Waals surface area contributed by atoms with Gasteiger partial charge in [-0.3, -0.25) is 0 Å². The van der Waals surface area contributed by atoms with Crippen LogP contribution in [0.15, 0.2) is 0 Å². The second-order valence-electron chi connectivity index (χ2n) is 9.79. The predicted molar refractivity (Wildman–Crippen MR) is 140 cm³/mol. The zero-order valence-corrected chi connectivity index (χ0v) is 24.4. The maximum atomic E-state index is 15.4. The van der Waals surface area contributed by atoms with E-state index in [2.05, 4.69) is 9.47 Å². The second kappa shape index (κ2) is 16.6. The number of hydrogen-bond acceptors (Lipinski definition) is 2. The summed E-state index contributed by atoms with van der Waals surface area (Å²) in [6, 6.07) is 0. The Morgan fingerprint density at radius 3 is 0.500 bits per heavy atom. The van der Waals surface area contributed by atoms with Crippen LogP contribution in [-0.4, -0.2) is 63.1 Å². The molecule has 0 aromatic heterocycles. The predicted octanol–water partition coefficient (Wildman–Crippen LogP) is 5.48. The Balaban J connectivity index is 0.00000123. The molecule has 0 amide bonds. The number of ether oxygens (including phenoxy) is 2. The van der Waals surface area contributed by atoms with Crippen molar-refractivity contribution in [2.75, 3.05) is 27.4 Å². The SMILES string of the molecule is COCCOC.Fc1c(F)c(F)c([B-](c2c(F)c(F)c(F)c(F)c2F)(c2c(F)c(F)c(F)c(F)c2F)c2c(F)c(F)c(F)c(F)c2F)c(F)c1F.[NaH]. The van der Waals surface area contributed by atoms with Crippen LogP contribution in [0.3, 0.4) is 0 Å². The Bertz CT molecular complexity index is 1660. The summed E-state index contributed by atoms with van der Waals surface area (Å²) in [6.07, 6.45) is -7.22. The molecule has 0 aliphatic carbocycles. The molecule has 0 bridgehead atoms. The van der Waals surface area contributed by atoms with Crippen LogP contribution in [0, 0.1) is 116 Å². The third-order valence-corrected chi connectivity index (χ3v) is 7.20. The standard InChI is InChI=1S/C24BF20.C4H10O2.Na.H/c26-5-1(6(27)14(35)21(42)13(5)34)25(2-7(28)15(36)22(43)16(37)8(2)29,3-9(30)17(38)23(44)18(39)10(3)31)4-11(32)19(40)24(45)20(41)12(4)33;1-5-3-4-6-2;;/h;3-4H2,1-2H3;;/q-1;;;. The molecule has 0 heterocycles. The molecule has 4 aromatic carbocycles. The minimum atomic E-state index is -7.22. The first kappa shape index (κ1) is 44.6. The molecule has 0 radical (unpaired) electrons. The average Bonchev–Trinajstić information content (AvgIpc) is 3.10. The Hall–Kier alpha value is -3.54. The van der Waals surface area contributed by atoms with E-state index in [-0.39, 0.29) is 29.6 Å². The van der Waals surface area contributed by atoms with Gasteiger partial charge in [0.1, 0.15) is 52.7 Å². The van der Waals surface area contributed by atoms with Crippen LogP contribution < -0.4 is 21.9 Å². The molecular formula is C28H11BF20NaO2-. The van der Waals surface area contributed by atoms with Gasteiger partial charge in [-0.05, 0) is 0 Å². The van der Waals surface area contributed by atoms with Gasteiger partial charge in [-0.1, -0.05) is 0 Å². The number of hydrogen-bond donors (Lipinski definition) is 0. The molecule has 0 aliphatic heterocycles. The Morgan fingerprint density at radius 1 is 0.269 bits per heavy atom. The quantitative estimate of drug-likeness (QED) is 0.0813. The monoisotopic (exact) mass is 793 g/mol. The van der Waals surface area contributed by atoms with Gasteiger partial charge in [0.05, 0.1) is 13.2 Å². The van der Waals surface area contributed by atoms with Gasteiger partial charge in [0.25, 0.3) is 0 Å². The van der Waals surface area contributed by atoms with Gasteiger partial charge >= 0.3 is 29.6 Å². The fraction of sp³-hybridized carbons (Fsp3) is 0.143. The van der Waals surface area contributed by atoms with Crippen molar-refractivity contribution in [3.63, 3.8) is 0 Å². The summed E-state index contributed by atoms with van der Waals surface area (Å²) < 4.78 is 303. The molecule has 52 heavy (non-hydrogen) atoms. The zero-order chi connectivity index (χ0) is 39.2. The summed E-state index contributed by atoms with van der Waals surface area (Å²) in [7, 11) is 3.30. The summed E-state index contributed by atoms with van der Waals surface area (Å²) in [5.41, 5.74) is -14.3. The van der Waals surface area contributed by atoms with E-state index in [1.807, 2.05) is 0 Å². The molecule has 0 saturated heterocycles. The second-order valence-corrected chi connectivity index (χ2v) is 9.79. The first-order valence-corrected chi connectivity index (χ1v) is 12.8. The molecule has 24 heteroatoms. The summed E-state index contributed by atoms with van der Waals surface area (Å²) in [5.74, 6) is -71.4. The molecule has 280 valence electrons. The van der Waals surface area contributed by atoms with Crippen LogP contribution in [-0.2, 0) is 9.47 Å². The summed E-state index contributed by atoms with van der Waals surface area (Å²) in [5, 5.41) is 0. The fourth-order valence-corrected chi connectivity index (χ4v) is 5.04. The van der Waals surface area contributed by atoms with Crippen molar-refractivity contribution in [1.82, 2.24) is 0 Å². The Morgan fingerprint density at radius 2 is 0.385 bits per heavy atom. The van der Waals surface area contributed by atoms with E-state index in [9.17, 15) is 52.7 Å². The van der Waals surface area contributed by atoms with Crippen LogP contribution in [0.1, 0.15) is 0 Å². The summed E-state index contributed by atoms with van der Waals surface area (Å²) in [6.45, 7) is 1.38. The van der Waals surface area contributed by atoms with Crippen molar-refractivity contribution in [3.05, 3.63) is 116 Å². The van der Waals surface area contributed by atoms with E-state index in [0.717, 1.165) is 0 Å². The van der Waals surface area contributed by atoms with E-state index < -0.39 is 144 Å². The van der Waals surface area contributed by atoms with Crippen molar-refractivity contribution in [2.24, 2.45) is 0 Å². The topological polar surface area (TPSA) is 18.5 Å². The van der Waals surface area contributed by atoms with Crippen molar-refractivity contribution < 1.29 is 97.3 Å². The summed E-state index contributed by atoms with van der Waals surface area (Å²) in [4.78, 5) is 0. The third kappa shape index (κ3) is 6.73. The molecular weight excluding hydrogens is 782 g/mol. The van der Waals surface area contributed by atoms with Gasteiger partial charge in [-0.2, -0.15) is 0 Å². The number of halogens is 20.